The Kier molecular flexibility index (Phi) is 4.87. The van der Waals surface area contributed by atoms with Crippen molar-refractivity contribution in [3.8, 4) is 5.69 Å². The molecule has 2 aromatic rings. The van der Waals surface area contributed by atoms with Crippen molar-refractivity contribution in [2.45, 2.75) is 32.7 Å². The molecule has 0 radical (unpaired) electrons. The zero-order chi connectivity index (χ0) is 17.3. The molecular formula is C17H21ClN4O2. The molecule has 0 aliphatic carbocycles. The van der Waals surface area contributed by atoms with Gasteiger partial charge in [0.15, 0.2) is 5.69 Å². The van der Waals surface area contributed by atoms with E-state index < -0.39 is 0 Å². The van der Waals surface area contributed by atoms with Crippen LogP contribution in [0.5, 0.6) is 0 Å². The molecule has 0 spiro atoms. The van der Waals surface area contributed by atoms with Gasteiger partial charge in [-0.05, 0) is 37.8 Å². The van der Waals surface area contributed by atoms with Crippen LogP contribution in [0.1, 0.15) is 35.9 Å². The number of aliphatic hydroxyl groups excluding tert-OH is 1. The highest BCUT2D eigenvalue weighted by molar-refractivity contribution is 6.32. The number of amides is 1. The lowest BCUT2D eigenvalue weighted by Gasteiger charge is -2.38. The summed E-state index contributed by atoms with van der Waals surface area (Å²) in [6.07, 6.45) is 1.95. The van der Waals surface area contributed by atoms with Crippen molar-refractivity contribution >= 4 is 17.5 Å². The monoisotopic (exact) mass is 348 g/mol. The number of hydrogen-bond donors (Lipinski definition) is 1. The number of hydrogen-bond acceptors (Lipinski definition) is 4. The minimum absolute atomic E-state index is 0.0371. The Labute approximate surface area is 146 Å². The van der Waals surface area contributed by atoms with E-state index in [0.717, 1.165) is 12.8 Å². The molecule has 1 fully saturated rings. The molecule has 7 heteroatoms. The lowest BCUT2D eigenvalue weighted by atomic mass is 9.91. The first-order chi connectivity index (χ1) is 11.5. The van der Waals surface area contributed by atoms with Gasteiger partial charge < -0.3 is 10.0 Å². The summed E-state index contributed by atoms with van der Waals surface area (Å²) in [5.74, 6) is 0.0861. The molecule has 1 aliphatic rings. The van der Waals surface area contributed by atoms with Gasteiger partial charge in [0, 0.05) is 6.54 Å². The highest BCUT2D eigenvalue weighted by Crippen LogP contribution is 2.26. The number of aliphatic hydroxyl groups is 1. The molecule has 1 aromatic carbocycles. The van der Waals surface area contributed by atoms with Crippen LogP contribution in [0.3, 0.4) is 0 Å². The Morgan fingerprint density at radius 1 is 1.42 bits per heavy atom. The molecule has 1 aromatic heterocycles. The zero-order valence-electron chi connectivity index (χ0n) is 13.8. The van der Waals surface area contributed by atoms with Crippen LogP contribution in [0.15, 0.2) is 24.3 Å². The molecule has 0 saturated carbocycles. The summed E-state index contributed by atoms with van der Waals surface area (Å²) in [5, 5.41) is 18.4. The lowest BCUT2D eigenvalue weighted by Crippen LogP contribution is -2.49. The summed E-state index contributed by atoms with van der Waals surface area (Å²) in [6.45, 7) is 4.46. The van der Waals surface area contributed by atoms with E-state index in [1.54, 1.807) is 22.6 Å². The maximum Gasteiger partial charge on any atom is 0.276 e. The van der Waals surface area contributed by atoms with Crippen molar-refractivity contribution in [3.63, 3.8) is 0 Å². The predicted octanol–water partition coefficient (Wildman–Crippen LogP) is 2.46. The first-order valence-corrected chi connectivity index (χ1v) is 8.51. The van der Waals surface area contributed by atoms with Crippen molar-refractivity contribution in [1.29, 1.82) is 0 Å². The Morgan fingerprint density at radius 3 is 2.88 bits per heavy atom. The van der Waals surface area contributed by atoms with E-state index in [0.29, 0.717) is 28.6 Å². The van der Waals surface area contributed by atoms with E-state index in [-0.39, 0.29) is 24.5 Å². The summed E-state index contributed by atoms with van der Waals surface area (Å²) in [4.78, 5) is 14.7. The average molecular weight is 349 g/mol. The first-order valence-electron chi connectivity index (χ1n) is 8.13. The van der Waals surface area contributed by atoms with Crippen LogP contribution in [-0.2, 0) is 0 Å². The highest BCUT2D eigenvalue weighted by atomic mass is 35.5. The average Bonchev–Trinajstić information content (AvgIpc) is 2.96. The molecule has 1 amide bonds. The molecule has 1 aliphatic heterocycles. The van der Waals surface area contributed by atoms with Gasteiger partial charge >= 0.3 is 0 Å². The third-order valence-corrected chi connectivity index (χ3v) is 5.06. The number of carbonyl (C=O) groups excluding carboxylic acids is 1. The van der Waals surface area contributed by atoms with E-state index in [1.165, 1.54) is 0 Å². The third kappa shape index (κ3) is 2.91. The van der Waals surface area contributed by atoms with Crippen molar-refractivity contribution in [2.75, 3.05) is 13.2 Å². The van der Waals surface area contributed by atoms with Crippen molar-refractivity contribution in [3.05, 3.63) is 40.7 Å². The fourth-order valence-corrected chi connectivity index (χ4v) is 3.51. The minimum Gasteiger partial charge on any atom is -0.394 e. The lowest BCUT2D eigenvalue weighted by molar-refractivity contribution is 0.0352. The Bertz CT molecular complexity index is 746. The van der Waals surface area contributed by atoms with Gasteiger partial charge in [-0.1, -0.05) is 35.9 Å². The number of piperidine rings is 1. The van der Waals surface area contributed by atoms with Gasteiger partial charge in [-0.15, -0.1) is 5.10 Å². The maximum absolute atomic E-state index is 12.9. The Morgan fingerprint density at radius 2 is 2.17 bits per heavy atom. The summed E-state index contributed by atoms with van der Waals surface area (Å²) >= 11 is 6.22. The van der Waals surface area contributed by atoms with Gasteiger partial charge in [-0.2, -0.15) is 0 Å². The second-order valence-electron chi connectivity index (χ2n) is 6.25. The second-order valence-corrected chi connectivity index (χ2v) is 6.66. The Balaban J connectivity index is 1.93. The van der Waals surface area contributed by atoms with E-state index in [4.69, 9.17) is 11.6 Å². The molecule has 2 heterocycles. The minimum atomic E-state index is -0.184. The molecule has 3 rings (SSSR count). The van der Waals surface area contributed by atoms with Crippen LogP contribution >= 0.6 is 11.6 Å². The fraction of sp³-hybridized carbons (Fsp3) is 0.471. The van der Waals surface area contributed by atoms with Crippen molar-refractivity contribution in [2.24, 2.45) is 5.92 Å². The number of carbonyl (C=O) groups is 1. The smallest absolute Gasteiger partial charge is 0.276 e. The number of halogens is 1. The summed E-state index contributed by atoms with van der Waals surface area (Å²) in [7, 11) is 0. The standard InChI is InChI=1S/C17H21ClN4O2/c1-11-6-5-9-21(15(11)10-23)17(24)16-12(2)22(20-19-16)14-8-4-3-7-13(14)18/h3-4,7-8,11,15,23H,5-6,9-10H2,1-2H3. The molecule has 128 valence electrons. The van der Waals surface area contributed by atoms with Crippen LogP contribution in [0.25, 0.3) is 5.69 Å². The van der Waals surface area contributed by atoms with Gasteiger partial charge in [0.2, 0.25) is 0 Å². The van der Waals surface area contributed by atoms with Crippen molar-refractivity contribution < 1.29 is 9.90 Å². The molecular weight excluding hydrogens is 328 g/mol. The third-order valence-electron chi connectivity index (χ3n) is 4.74. The number of benzene rings is 1. The number of para-hydroxylation sites is 1. The summed E-state index contributed by atoms with van der Waals surface area (Å²) < 4.78 is 1.58. The van der Waals surface area contributed by atoms with E-state index >= 15 is 0 Å². The normalized spacial score (nSPS) is 21.1. The second kappa shape index (κ2) is 6.91. The molecule has 2 unspecified atom stereocenters. The summed E-state index contributed by atoms with van der Waals surface area (Å²) in [6, 6.07) is 7.13. The fourth-order valence-electron chi connectivity index (χ4n) is 3.29. The topological polar surface area (TPSA) is 71.2 Å². The van der Waals surface area contributed by atoms with Crippen LogP contribution in [0.4, 0.5) is 0 Å². The molecule has 24 heavy (non-hydrogen) atoms. The SMILES string of the molecule is Cc1c(C(=O)N2CCCC(C)C2CO)nnn1-c1ccccc1Cl. The molecule has 1 saturated heterocycles. The van der Waals surface area contributed by atoms with Crippen LogP contribution < -0.4 is 0 Å². The van der Waals surface area contributed by atoms with E-state index in [1.807, 2.05) is 18.2 Å². The first kappa shape index (κ1) is 16.9. The number of likely N-dealkylation sites (tertiary alicyclic amines) is 1. The van der Waals surface area contributed by atoms with Gasteiger partial charge in [0.05, 0.1) is 29.1 Å². The van der Waals surface area contributed by atoms with E-state index in [9.17, 15) is 9.90 Å². The largest absolute Gasteiger partial charge is 0.394 e. The predicted molar refractivity (Wildman–Crippen MR) is 91.4 cm³/mol. The van der Waals surface area contributed by atoms with Crippen molar-refractivity contribution in [1.82, 2.24) is 19.9 Å². The summed E-state index contributed by atoms with van der Waals surface area (Å²) in [5.41, 5.74) is 1.64. The maximum atomic E-state index is 12.9. The van der Waals surface area contributed by atoms with Crippen LogP contribution in [0, 0.1) is 12.8 Å². The quantitative estimate of drug-likeness (QED) is 0.924. The number of aromatic nitrogens is 3. The highest BCUT2D eigenvalue weighted by Gasteiger charge is 2.34. The van der Waals surface area contributed by atoms with E-state index in [2.05, 4.69) is 17.2 Å². The Hall–Kier alpha value is -1.92. The van der Waals surface area contributed by atoms with Crippen LogP contribution in [0.2, 0.25) is 5.02 Å². The number of rotatable bonds is 3. The van der Waals surface area contributed by atoms with Gasteiger partial charge in [-0.3, -0.25) is 4.79 Å². The molecule has 6 nitrogen and oxygen atoms in total. The van der Waals surface area contributed by atoms with Gasteiger partial charge in [0.1, 0.15) is 0 Å². The van der Waals surface area contributed by atoms with Gasteiger partial charge in [0.25, 0.3) is 5.91 Å². The van der Waals surface area contributed by atoms with Gasteiger partial charge in [-0.25, -0.2) is 4.68 Å². The number of nitrogens with zero attached hydrogens (tertiary/aromatic N) is 4. The molecule has 2 atom stereocenters. The molecule has 0 bridgehead atoms. The zero-order valence-corrected chi connectivity index (χ0v) is 14.6. The van der Waals surface area contributed by atoms with Crippen LogP contribution in [-0.4, -0.2) is 50.1 Å². The molecule has 1 N–H and O–H groups in total.